The Morgan fingerprint density at radius 1 is 1.32 bits per heavy atom. The molecule has 2 aromatic heterocycles. The molecule has 0 aliphatic carbocycles. The largest absolute Gasteiger partial charge is 0.474 e. The van der Waals surface area contributed by atoms with Gasteiger partial charge in [-0.25, -0.2) is 4.68 Å². The molecule has 22 heavy (non-hydrogen) atoms. The molecule has 1 aliphatic rings. The summed E-state index contributed by atoms with van der Waals surface area (Å²) in [5.74, 6) is 1.27. The van der Waals surface area contributed by atoms with Gasteiger partial charge in [0.15, 0.2) is 5.82 Å². The standard InChI is InChI=1S/C15H19N5O2/c1-10(2)22-14-8-16-7-13(17-14)20-5-4-12-11(9-20)6-15(21)19(3)18-12/h6-8,10H,4-5,9H2,1-3H3. The summed E-state index contributed by atoms with van der Waals surface area (Å²) in [5, 5.41) is 4.32. The molecular formula is C15H19N5O2. The molecule has 0 saturated heterocycles. The maximum atomic E-state index is 11.7. The number of rotatable bonds is 3. The van der Waals surface area contributed by atoms with E-state index >= 15 is 0 Å². The van der Waals surface area contributed by atoms with Crippen molar-refractivity contribution >= 4 is 5.82 Å². The number of fused-ring (bicyclic) bond motifs is 1. The third kappa shape index (κ3) is 2.93. The summed E-state index contributed by atoms with van der Waals surface area (Å²) in [6.45, 7) is 5.30. The van der Waals surface area contributed by atoms with Gasteiger partial charge in [-0.3, -0.25) is 9.78 Å². The summed E-state index contributed by atoms with van der Waals surface area (Å²) in [4.78, 5) is 22.5. The lowest BCUT2D eigenvalue weighted by Crippen LogP contribution is -2.34. The van der Waals surface area contributed by atoms with Crippen molar-refractivity contribution in [1.29, 1.82) is 0 Å². The van der Waals surface area contributed by atoms with Gasteiger partial charge in [0, 0.05) is 38.2 Å². The van der Waals surface area contributed by atoms with Crippen LogP contribution in [0.4, 0.5) is 5.82 Å². The van der Waals surface area contributed by atoms with E-state index in [4.69, 9.17) is 4.74 Å². The molecule has 0 spiro atoms. The van der Waals surface area contributed by atoms with Gasteiger partial charge in [0.2, 0.25) is 5.88 Å². The number of ether oxygens (including phenoxy) is 1. The molecule has 7 nitrogen and oxygen atoms in total. The number of nitrogens with zero attached hydrogens (tertiary/aromatic N) is 5. The number of aryl methyl sites for hydroxylation is 1. The highest BCUT2D eigenvalue weighted by Crippen LogP contribution is 2.22. The van der Waals surface area contributed by atoms with Crippen LogP contribution < -0.4 is 15.2 Å². The van der Waals surface area contributed by atoms with Gasteiger partial charge in [-0.2, -0.15) is 10.1 Å². The molecule has 0 bridgehead atoms. The van der Waals surface area contributed by atoms with Gasteiger partial charge in [-0.1, -0.05) is 0 Å². The van der Waals surface area contributed by atoms with E-state index in [1.54, 1.807) is 25.5 Å². The molecule has 116 valence electrons. The van der Waals surface area contributed by atoms with Crippen molar-refractivity contribution in [1.82, 2.24) is 19.7 Å². The van der Waals surface area contributed by atoms with Crippen LogP contribution in [0.1, 0.15) is 25.1 Å². The summed E-state index contributed by atoms with van der Waals surface area (Å²) < 4.78 is 6.96. The van der Waals surface area contributed by atoms with E-state index in [2.05, 4.69) is 20.0 Å². The van der Waals surface area contributed by atoms with Crippen LogP contribution in [0.5, 0.6) is 5.88 Å². The van der Waals surface area contributed by atoms with Gasteiger partial charge in [-0.05, 0) is 13.8 Å². The topological polar surface area (TPSA) is 73.1 Å². The zero-order valence-corrected chi connectivity index (χ0v) is 13.0. The van der Waals surface area contributed by atoms with Gasteiger partial charge in [0.1, 0.15) is 0 Å². The first-order valence-electron chi connectivity index (χ1n) is 7.32. The van der Waals surface area contributed by atoms with Crippen LogP contribution in [0.15, 0.2) is 23.3 Å². The van der Waals surface area contributed by atoms with Crippen molar-refractivity contribution < 1.29 is 4.74 Å². The van der Waals surface area contributed by atoms with Crippen molar-refractivity contribution in [2.75, 3.05) is 11.4 Å². The Labute approximate surface area is 128 Å². The quantitative estimate of drug-likeness (QED) is 0.839. The van der Waals surface area contributed by atoms with E-state index in [1.807, 2.05) is 13.8 Å². The average Bonchev–Trinajstić information content (AvgIpc) is 2.47. The summed E-state index contributed by atoms with van der Waals surface area (Å²) in [7, 11) is 1.67. The molecule has 0 fully saturated rings. The normalized spacial score (nSPS) is 14.1. The molecule has 1 aliphatic heterocycles. The minimum atomic E-state index is -0.0939. The van der Waals surface area contributed by atoms with Crippen molar-refractivity contribution in [3.8, 4) is 5.88 Å². The molecule has 0 atom stereocenters. The Morgan fingerprint density at radius 2 is 2.14 bits per heavy atom. The number of hydrogen-bond acceptors (Lipinski definition) is 6. The highest BCUT2D eigenvalue weighted by Gasteiger charge is 2.20. The highest BCUT2D eigenvalue weighted by molar-refractivity contribution is 5.41. The van der Waals surface area contributed by atoms with Gasteiger partial charge >= 0.3 is 0 Å². The summed E-state index contributed by atoms with van der Waals surface area (Å²) in [5.41, 5.74) is 1.83. The molecule has 0 unspecified atom stereocenters. The van der Waals surface area contributed by atoms with Crippen LogP contribution in [-0.2, 0) is 20.0 Å². The van der Waals surface area contributed by atoms with E-state index < -0.39 is 0 Å². The van der Waals surface area contributed by atoms with E-state index in [1.165, 1.54) is 4.68 Å². The lowest BCUT2D eigenvalue weighted by atomic mass is 10.1. The van der Waals surface area contributed by atoms with Crippen LogP contribution in [0.3, 0.4) is 0 Å². The van der Waals surface area contributed by atoms with Crippen LogP contribution in [0.25, 0.3) is 0 Å². The Bertz CT molecular complexity index is 741. The maximum Gasteiger partial charge on any atom is 0.266 e. The van der Waals surface area contributed by atoms with Crippen molar-refractivity contribution in [2.24, 2.45) is 7.05 Å². The number of hydrogen-bond donors (Lipinski definition) is 0. The van der Waals surface area contributed by atoms with Gasteiger partial charge < -0.3 is 9.64 Å². The second-order valence-electron chi connectivity index (χ2n) is 5.63. The fourth-order valence-electron chi connectivity index (χ4n) is 2.48. The lowest BCUT2D eigenvalue weighted by Gasteiger charge is -2.29. The molecule has 3 heterocycles. The van der Waals surface area contributed by atoms with Crippen LogP contribution in [0, 0.1) is 0 Å². The Kier molecular flexibility index (Phi) is 3.79. The average molecular weight is 301 g/mol. The Morgan fingerprint density at radius 3 is 2.91 bits per heavy atom. The molecular weight excluding hydrogens is 282 g/mol. The van der Waals surface area contributed by atoms with Gasteiger partial charge in [-0.15, -0.1) is 0 Å². The van der Waals surface area contributed by atoms with Crippen molar-refractivity contribution in [3.05, 3.63) is 40.1 Å². The molecule has 2 aromatic rings. The third-order valence-corrected chi connectivity index (χ3v) is 3.52. The first kappa shape index (κ1) is 14.5. The SMILES string of the molecule is CC(C)Oc1cncc(N2CCc3nn(C)c(=O)cc3C2)n1. The van der Waals surface area contributed by atoms with Crippen LogP contribution in [-0.4, -0.2) is 32.4 Å². The predicted octanol–water partition coefficient (Wildman–Crippen LogP) is 0.920. The Hall–Kier alpha value is -2.44. The second-order valence-corrected chi connectivity index (χ2v) is 5.63. The number of aromatic nitrogens is 4. The van der Waals surface area contributed by atoms with Crippen LogP contribution in [0.2, 0.25) is 0 Å². The number of anilines is 1. The predicted molar refractivity (Wildman–Crippen MR) is 82.0 cm³/mol. The second kappa shape index (κ2) is 5.75. The van der Waals surface area contributed by atoms with Crippen LogP contribution >= 0.6 is 0 Å². The zero-order chi connectivity index (χ0) is 15.7. The van der Waals surface area contributed by atoms with E-state index in [0.29, 0.717) is 12.4 Å². The van der Waals surface area contributed by atoms with Crippen molar-refractivity contribution in [3.63, 3.8) is 0 Å². The van der Waals surface area contributed by atoms with E-state index in [0.717, 1.165) is 30.0 Å². The fourth-order valence-corrected chi connectivity index (χ4v) is 2.48. The van der Waals surface area contributed by atoms with Gasteiger partial charge in [0.05, 0.1) is 24.2 Å². The summed E-state index contributed by atoms with van der Waals surface area (Å²) >= 11 is 0. The third-order valence-electron chi connectivity index (χ3n) is 3.52. The summed E-state index contributed by atoms with van der Waals surface area (Å²) in [6.07, 6.45) is 4.16. The molecule has 3 rings (SSSR count). The molecule has 0 N–H and O–H groups in total. The molecule has 7 heteroatoms. The first-order valence-corrected chi connectivity index (χ1v) is 7.32. The lowest BCUT2D eigenvalue weighted by molar-refractivity contribution is 0.231. The highest BCUT2D eigenvalue weighted by atomic mass is 16.5. The van der Waals surface area contributed by atoms with E-state index in [9.17, 15) is 4.79 Å². The smallest absolute Gasteiger partial charge is 0.266 e. The minimum absolute atomic E-state index is 0.0545. The molecule has 0 aromatic carbocycles. The monoisotopic (exact) mass is 301 g/mol. The maximum absolute atomic E-state index is 11.7. The fraction of sp³-hybridized carbons (Fsp3) is 0.467. The Balaban J connectivity index is 1.85. The van der Waals surface area contributed by atoms with Crippen molar-refractivity contribution in [2.45, 2.75) is 32.9 Å². The van der Waals surface area contributed by atoms with Gasteiger partial charge in [0.25, 0.3) is 5.56 Å². The van der Waals surface area contributed by atoms with E-state index in [-0.39, 0.29) is 11.7 Å². The molecule has 0 saturated carbocycles. The molecule has 0 radical (unpaired) electrons. The molecule has 0 amide bonds. The zero-order valence-electron chi connectivity index (χ0n) is 13.0. The summed E-state index contributed by atoms with van der Waals surface area (Å²) in [6, 6.07) is 1.65. The first-order chi connectivity index (χ1) is 10.5. The minimum Gasteiger partial charge on any atom is -0.474 e.